The van der Waals surface area contributed by atoms with Crippen molar-refractivity contribution in [3.63, 3.8) is 0 Å². The first-order valence-corrected chi connectivity index (χ1v) is 48.6. The molecule has 0 fully saturated rings. The summed E-state index contributed by atoms with van der Waals surface area (Å²) in [6.45, 7) is 7.40. The van der Waals surface area contributed by atoms with Gasteiger partial charge in [-0.15, -0.1) is 0 Å². The Hall–Kier alpha value is -1.94. The monoisotopic (exact) mass is 1560 g/mol. The number of phosphoric acid groups is 2. The molecule has 0 saturated heterocycles. The standard InChI is InChI=1S/C88H172O17P2/c1-6-9-12-15-18-21-24-26-28-30-32-34-36-40-44-48-53-58-63-68-73-88(93)105-84(78-99-86(91)72-67-62-57-52-47-43-39-35-33-31-29-27-25-22-19-16-13-10-7-2)80-103-107(96,97)101-76-82(89)75-100-106(94,95)102-79-83(77-98-85(90)71-66-61-56-51-23-20-17-14-11-8-3)104-87(92)74-69-64-59-54-49-45-41-37-38-42-46-50-55-60-65-70-81(4)5/h81-84,89H,6-80H2,1-5H3,(H,94,95)(H,96,97)/t82-,83+,84+/m0/s1. The fourth-order valence-corrected chi connectivity index (χ4v) is 15.4. The van der Waals surface area contributed by atoms with E-state index in [1.165, 1.54) is 302 Å². The third kappa shape index (κ3) is 81.9. The minimum Gasteiger partial charge on any atom is -0.462 e. The lowest BCUT2D eigenvalue weighted by Gasteiger charge is -2.21. The van der Waals surface area contributed by atoms with Gasteiger partial charge in [-0.05, 0) is 31.6 Å². The maximum absolute atomic E-state index is 13.2. The maximum atomic E-state index is 13.2. The molecule has 0 saturated carbocycles. The van der Waals surface area contributed by atoms with Crippen LogP contribution in [0.4, 0.5) is 0 Å². The summed E-state index contributed by atoms with van der Waals surface area (Å²) in [5, 5.41) is 10.7. The first-order valence-electron chi connectivity index (χ1n) is 45.6. The van der Waals surface area contributed by atoms with Crippen molar-refractivity contribution in [2.75, 3.05) is 39.6 Å². The lowest BCUT2D eigenvalue weighted by molar-refractivity contribution is -0.161. The normalized spacial score (nSPS) is 13.7. The molecule has 107 heavy (non-hydrogen) atoms. The highest BCUT2D eigenvalue weighted by atomic mass is 31.2. The van der Waals surface area contributed by atoms with E-state index in [-0.39, 0.29) is 25.7 Å². The Morgan fingerprint density at radius 1 is 0.252 bits per heavy atom. The zero-order chi connectivity index (χ0) is 78.3. The van der Waals surface area contributed by atoms with Gasteiger partial charge < -0.3 is 33.8 Å². The summed E-state index contributed by atoms with van der Waals surface area (Å²) < 4.78 is 69.0. The van der Waals surface area contributed by atoms with E-state index in [9.17, 15) is 43.2 Å². The minimum absolute atomic E-state index is 0.108. The van der Waals surface area contributed by atoms with Crippen molar-refractivity contribution in [3.05, 3.63) is 0 Å². The molecule has 0 aromatic rings. The predicted molar refractivity (Wildman–Crippen MR) is 442 cm³/mol. The van der Waals surface area contributed by atoms with Gasteiger partial charge in [-0.3, -0.25) is 37.3 Å². The molecule has 0 aromatic heterocycles. The second kappa shape index (κ2) is 80.7. The smallest absolute Gasteiger partial charge is 0.462 e. The molecule has 0 aromatic carbocycles. The van der Waals surface area contributed by atoms with Crippen molar-refractivity contribution >= 4 is 39.5 Å². The van der Waals surface area contributed by atoms with Crippen LogP contribution in [0.15, 0.2) is 0 Å². The lowest BCUT2D eigenvalue weighted by atomic mass is 10.0. The molecule has 636 valence electrons. The van der Waals surface area contributed by atoms with Gasteiger partial charge in [0, 0.05) is 25.7 Å². The molecule has 0 rings (SSSR count). The van der Waals surface area contributed by atoms with Gasteiger partial charge in [0.25, 0.3) is 0 Å². The zero-order valence-electron chi connectivity index (χ0n) is 70.3. The van der Waals surface area contributed by atoms with Gasteiger partial charge in [0.15, 0.2) is 12.2 Å². The average Bonchev–Trinajstić information content (AvgIpc) is 0.909. The van der Waals surface area contributed by atoms with E-state index in [4.69, 9.17) is 37.0 Å². The Morgan fingerprint density at radius 2 is 0.430 bits per heavy atom. The number of carbonyl (C=O) groups is 4. The Bertz CT molecular complexity index is 2030. The van der Waals surface area contributed by atoms with Crippen molar-refractivity contribution in [3.8, 4) is 0 Å². The second-order valence-electron chi connectivity index (χ2n) is 32.1. The number of hydrogen-bond acceptors (Lipinski definition) is 15. The van der Waals surface area contributed by atoms with Crippen LogP contribution < -0.4 is 0 Å². The van der Waals surface area contributed by atoms with E-state index in [2.05, 4.69) is 34.6 Å². The van der Waals surface area contributed by atoms with Crippen LogP contribution in [0.2, 0.25) is 0 Å². The van der Waals surface area contributed by atoms with Crippen LogP contribution in [0.25, 0.3) is 0 Å². The summed E-state index contributed by atoms with van der Waals surface area (Å²) in [5.74, 6) is -1.29. The van der Waals surface area contributed by atoms with Crippen molar-refractivity contribution in [2.24, 2.45) is 5.92 Å². The number of unbranched alkanes of at least 4 members (excludes halogenated alkanes) is 60. The Morgan fingerprint density at radius 3 is 0.636 bits per heavy atom. The van der Waals surface area contributed by atoms with Crippen LogP contribution in [-0.4, -0.2) is 96.7 Å². The van der Waals surface area contributed by atoms with Crippen LogP contribution in [0, 0.1) is 5.92 Å². The minimum atomic E-state index is -4.97. The van der Waals surface area contributed by atoms with E-state index in [1.54, 1.807) is 0 Å². The summed E-state index contributed by atoms with van der Waals surface area (Å²) in [5.41, 5.74) is 0. The molecule has 19 heteroatoms. The van der Waals surface area contributed by atoms with Crippen LogP contribution in [0.3, 0.4) is 0 Å². The molecule has 0 amide bonds. The van der Waals surface area contributed by atoms with Gasteiger partial charge >= 0.3 is 39.5 Å². The summed E-state index contributed by atoms with van der Waals surface area (Å²) >= 11 is 0. The van der Waals surface area contributed by atoms with Crippen LogP contribution in [0.5, 0.6) is 0 Å². The number of esters is 4. The molecule has 0 bridgehead atoms. The first kappa shape index (κ1) is 105. The number of aliphatic hydroxyl groups excluding tert-OH is 1. The topological polar surface area (TPSA) is 237 Å². The van der Waals surface area contributed by atoms with Gasteiger partial charge in [-0.1, -0.05) is 426 Å². The highest BCUT2D eigenvalue weighted by Crippen LogP contribution is 2.45. The number of phosphoric ester groups is 2. The number of rotatable bonds is 88. The van der Waals surface area contributed by atoms with Crippen molar-refractivity contribution < 1.29 is 80.2 Å². The van der Waals surface area contributed by atoms with E-state index >= 15 is 0 Å². The number of aliphatic hydroxyl groups is 1. The van der Waals surface area contributed by atoms with E-state index in [0.717, 1.165) is 95.8 Å². The van der Waals surface area contributed by atoms with Crippen molar-refractivity contribution in [2.45, 2.75) is 496 Å². The number of hydrogen-bond donors (Lipinski definition) is 3. The maximum Gasteiger partial charge on any atom is 0.472 e. The molecule has 0 radical (unpaired) electrons. The molecule has 0 aliphatic heterocycles. The molecule has 5 atom stereocenters. The van der Waals surface area contributed by atoms with Crippen molar-refractivity contribution in [1.82, 2.24) is 0 Å². The van der Waals surface area contributed by atoms with Crippen LogP contribution in [-0.2, 0) is 65.4 Å². The Labute approximate surface area is 658 Å². The van der Waals surface area contributed by atoms with Gasteiger partial charge in [0.05, 0.1) is 26.4 Å². The zero-order valence-corrected chi connectivity index (χ0v) is 72.1. The number of ether oxygens (including phenoxy) is 4. The second-order valence-corrected chi connectivity index (χ2v) is 35.0. The molecule has 3 N–H and O–H groups in total. The largest absolute Gasteiger partial charge is 0.472 e. The van der Waals surface area contributed by atoms with E-state index in [1.807, 2.05) is 0 Å². The summed E-state index contributed by atoms with van der Waals surface area (Å²) in [7, 11) is -9.93. The van der Waals surface area contributed by atoms with E-state index < -0.39 is 97.5 Å². The molecular formula is C88H172O17P2. The third-order valence-electron chi connectivity index (χ3n) is 20.8. The van der Waals surface area contributed by atoms with Gasteiger partial charge in [-0.2, -0.15) is 0 Å². The molecule has 2 unspecified atom stereocenters. The van der Waals surface area contributed by atoms with E-state index in [0.29, 0.717) is 25.7 Å². The van der Waals surface area contributed by atoms with Gasteiger partial charge in [0.2, 0.25) is 0 Å². The molecule has 0 aliphatic carbocycles. The average molecular weight is 1560 g/mol. The van der Waals surface area contributed by atoms with Gasteiger partial charge in [0.1, 0.15) is 19.3 Å². The Kier molecular flexibility index (Phi) is 79.2. The first-order chi connectivity index (χ1) is 52.0. The summed E-state index contributed by atoms with van der Waals surface area (Å²) in [6, 6.07) is 0. The highest BCUT2D eigenvalue weighted by Gasteiger charge is 2.30. The fourth-order valence-electron chi connectivity index (χ4n) is 13.8. The highest BCUT2D eigenvalue weighted by molar-refractivity contribution is 7.47. The summed E-state index contributed by atoms with van der Waals surface area (Å²) in [4.78, 5) is 73.3. The van der Waals surface area contributed by atoms with Crippen LogP contribution in [0.1, 0.15) is 478 Å². The molecular weight excluding hydrogens is 1390 g/mol. The third-order valence-corrected chi connectivity index (χ3v) is 22.7. The predicted octanol–water partition coefficient (Wildman–Crippen LogP) is 27.2. The number of carbonyl (C=O) groups excluding carboxylic acids is 4. The molecule has 0 spiro atoms. The molecule has 0 heterocycles. The van der Waals surface area contributed by atoms with Gasteiger partial charge in [-0.25, -0.2) is 9.13 Å². The Balaban J connectivity index is 5.22. The fraction of sp³-hybridized carbons (Fsp3) is 0.955. The SMILES string of the molecule is CCCCCCCCCCCCCCCCCCCCCCC(=O)O[C@H](COC(=O)CCCCCCCCCCCCCCCCCCCCC)COP(=O)(O)OC[C@@H](O)COP(=O)(O)OC[C@@H](COC(=O)CCCCCCCCCCCC)OC(=O)CCCCCCCCCCCCCCCCCC(C)C. The summed E-state index contributed by atoms with van der Waals surface area (Å²) in [6.07, 6.45) is 75.0. The quantitative estimate of drug-likeness (QED) is 0.0222. The van der Waals surface area contributed by atoms with Crippen LogP contribution >= 0.6 is 15.6 Å². The molecule has 0 aliphatic rings. The van der Waals surface area contributed by atoms with Crippen molar-refractivity contribution in [1.29, 1.82) is 0 Å². The molecule has 17 nitrogen and oxygen atoms in total. The lowest BCUT2D eigenvalue weighted by Crippen LogP contribution is -2.30.